The maximum Gasteiger partial charge on any atom is 0.320 e. The van der Waals surface area contributed by atoms with Crippen molar-refractivity contribution in [3.8, 4) is 0 Å². The second-order valence-electron chi connectivity index (χ2n) is 5.72. The smallest absolute Gasteiger partial charge is 0.320 e. The summed E-state index contributed by atoms with van der Waals surface area (Å²) in [6.07, 6.45) is 0.837. The van der Waals surface area contributed by atoms with E-state index in [2.05, 4.69) is 10.6 Å². The van der Waals surface area contributed by atoms with Gasteiger partial charge < -0.3 is 15.7 Å². The molecule has 0 spiro atoms. The van der Waals surface area contributed by atoms with E-state index >= 15 is 0 Å². The van der Waals surface area contributed by atoms with Crippen LogP contribution in [0, 0.1) is 5.92 Å². The highest BCUT2D eigenvalue weighted by Gasteiger charge is 2.30. The highest BCUT2D eigenvalue weighted by molar-refractivity contribution is 5.94. The summed E-state index contributed by atoms with van der Waals surface area (Å²) < 4.78 is 0. The molecule has 2 atom stereocenters. The van der Waals surface area contributed by atoms with Crippen LogP contribution in [0.25, 0.3) is 10.8 Å². The molecule has 0 saturated carbocycles. The molecule has 5 heteroatoms. The quantitative estimate of drug-likeness (QED) is 0.809. The first-order chi connectivity index (χ1) is 10.6. The maximum atomic E-state index is 12.1. The third-order valence-corrected chi connectivity index (χ3v) is 4.03. The number of aliphatic carboxylic acids is 1. The minimum absolute atomic E-state index is 0.0709. The Morgan fingerprint density at radius 1 is 1.18 bits per heavy atom. The van der Waals surface area contributed by atoms with Gasteiger partial charge in [-0.05, 0) is 41.8 Å². The fraction of sp³-hybridized carbons (Fsp3) is 0.294. The van der Waals surface area contributed by atoms with Gasteiger partial charge in [0.2, 0.25) is 5.91 Å². The Labute approximate surface area is 128 Å². The molecule has 1 heterocycles. The lowest BCUT2D eigenvalue weighted by atomic mass is 10.0. The van der Waals surface area contributed by atoms with E-state index in [1.54, 1.807) is 0 Å². The van der Waals surface area contributed by atoms with Crippen molar-refractivity contribution in [3.05, 3.63) is 42.5 Å². The van der Waals surface area contributed by atoms with Gasteiger partial charge in [-0.1, -0.05) is 30.3 Å². The Morgan fingerprint density at radius 3 is 2.68 bits per heavy atom. The number of amides is 1. The second kappa shape index (κ2) is 6.15. The predicted molar refractivity (Wildman–Crippen MR) is 84.7 cm³/mol. The molecular formula is C17H18N2O3. The van der Waals surface area contributed by atoms with Gasteiger partial charge in [-0.2, -0.15) is 0 Å². The zero-order valence-corrected chi connectivity index (χ0v) is 12.1. The van der Waals surface area contributed by atoms with E-state index in [1.165, 1.54) is 0 Å². The van der Waals surface area contributed by atoms with Gasteiger partial charge in [-0.15, -0.1) is 0 Å². The number of carbonyl (C=O) groups is 2. The van der Waals surface area contributed by atoms with Crippen molar-refractivity contribution in [2.24, 2.45) is 5.92 Å². The van der Waals surface area contributed by atoms with Gasteiger partial charge in [0.25, 0.3) is 0 Å². The lowest BCUT2D eigenvalue weighted by Crippen LogP contribution is -2.29. The molecule has 0 radical (unpaired) electrons. The summed E-state index contributed by atoms with van der Waals surface area (Å²) in [5.41, 5.74) is 0.768. The SMILES string of the molecule is O=C(CC1CNC(C(=O)O)C1)Nc1ccc2ccccc2c1. The van der Waals surface area contributed by atoms with Gasteiger partial charge >= 0.3 is 5.97 Å². The molecule has 114 valence electrons. The molecule has 0 bridgehead atoms. The van der Waals surface area contributed by atoms with E-state index in [-0.39, 0.29) is 11.8 Å². The van der Waals surface area contributed by atoms with E-state index in [0.717, 1.165) is 16.5 Å². The van der Waals surface area contributed by atoms with Crippen molar-refractivity contribution < 1.29 is 14.7 Å². The zero-order valence-electron chi connectivity index (χ0n) is 12.1. The number of nitrogens with one attached hydrogen (secondary N) is 2. The van der Waals surface area contributed by atoms with Crippen LogP contribution in [-0.2, 0) is 9.59 Å². The molecule has 1 fully saturated rings. The first-order valence-electron chi connectivity index (χ1n) is 7.36. The van der Waals surface area contributed by atoms with Crippen molar-refractivity contribution in [2.75, 3.05) is 11.9 Å². The lowest BCUT2D eigenvalue weighted by Gasteiger charge is -2.10. The topological polar surface area (TPSA) is 78.4 Å². The first-order valence-corrected chi connectivity index (χ1v) is 7.36. The fourth-order valence-corrected chi connectivity index (χ4v) is 2.89. The molecule has 2 aromatic carbocycles. The van der Waals surface area contributed by atoms with Crippen LogP contribution in [0.1, 0.15) is 12.8 Å². The van der Waals surface area contributed by atoms with Crippen LogP contribution in [0.4, 0.5) is 5.69 Å². The third-order valence-electron chi connectivity index (χ3n) is 4.03. The van der Waals surface area contributed by atoms with Crippen LogP contribution in [0.2, 0.25) is 0 Å². The highest BCUT2D eigenvalue weighted by atomic mass is 16.4. The van der Waals surface area contributed by atoms with Crippen LogP contribution in [0.5, 0.6) is 0 Å². The molecule has 3 N–H and O–H groups in total. The van der Waals surface area contributed by atoms with Gasteiger partial charge in [0.15, 0.2) is 0 Å². The van der Waals surface area contributed by atoms with E-state index < -0.39 is 12.0 Å². The van der Waals surface area contributed by atoms with Crippen molar-refractivity contribution in [1.82, 2.24) is 5.32 Å². The standard InChI is InChI=1S/C17H18N2O3/c20-16(8-11-7-15(17(21)22)18-10-11)19-14-6-5-12-3-1-2-4-13(12)9-14/h1-6,9,11,15,18H,7-8,10H2,(H,19,20)(H,21,22). The molecule has 0 aliphatic carbocycles. The summed E-state index contributed by atoms with van der Waals surface area (Å²) in [4.78, 5) is 23.0. The van der Waals surface area contributed by atoms with E-state index in [9.17, 15) is 9.59 Å². The number of hydrogen-bond donors (Lipinski definition) is 3. The number of carboxylic acids is 1. The van der Waals surface area contributed by atoms with Crippen LogP contribution in [-0.4, -0.2) is 29.6 Å². The summed E-state index contributed by atoms with van der Waals surface area (Å²) in [5.74, 6) is -0.855. The van der Waals surface area contributed by atoms with Crippen LogP contribution < -0.4 is 10.6 Å². The van der Waals surface area contributed by atoms with Crippen LogP contribution >= 0.6 is 0 Å². The number of rotatable bonds is 4. The molecule has 0 aromatic heterocycles. The van der Waals surface area contributed by atoms with Gasteiger partial charge in [0.05, 0.1) is 0 Å². The number of hydrogen-bond acceptors (Lipinski definition) is 3. The Bertz CT molecular complexity index is 714. The Morgan fingerprint density at radius 2 is 1.95 bits per heavy atom. The van der Waals surface area contributed by atoms with E-state index in [4.69, 9.17) is 5.11 Å². The van der Waals surface area contributed by atoms with Crippen molar-refractivity contribution in [3.63, 3.8) is 0 Å². The molecule has 5 nitrogen and oxygen atoms in total. The Hall–Kier alpha value is -2.40. The van der Waals surface area contributed by atoms with Crippen molar-refractivity contribution in [2.45, 2.75) is 18.9 Å². The van der Waals surface area contributed by atoms with Crippen LogP contribution in [0.15, 0.2) is 42.5 Å². The summed E-state index contributed by atoms with van der Waals surface area (Å²) in [6.45, 7) is 0.572. The fourth-order valence-electron chi connectivity index (χ4n) is 2.89. The summed E-state index contributed by atoms with van der Waals surface area (Å²) in [5, 5.41) is 17.0. The van der Waals surface area contributed by atoms with Gasteiger partial charge in [-0.3, -0.25) is 9.59 Å². The van der Waals surface area contributed by atoms with Gasteiger partial charge in [-0.25, -0.2) is 0 Å². The maximum absolute atomic E-state index is 12.1. The number of carboxylic acid groups (broad SMARTS) is 1. The normalized spacial score (nSPS) is 20.9. The molecule has 22 heavy (non-hydrogen) atoms. The third kappa shape index (κ3) is 3.26. The molecule has 1 saturated heterocycles. The van der Waals surface area contributed by atoms with Crippen molar-refractivity contribution in [1.29, 1.82) is 0 Å². The largest absolute Gasteiger partial charge is 0.480 e. The summed E-state index contributed by atoms with van der Waals surface area (Å²) in [6, 6.07) is 13.2. The highest BCUT2D eigenvalue weighted by Crippen LogP contribution is 2.21. The Kier molecular flexibility index (Phi) is 4.06. The predicted octanol–water partition coefficient (Wildman–Crippen LogP) is 2.23. The molecule has 3 rings (SSSR count). The molecule has 1 aliphatic rings. The van der Waals surface area contributed by atoms with Gasteiger partial charge in [0.1, 0.15) is 6.04 Å². The zero-order chi connectivity index (χ0) is 15.5. The van der Waals surface area contributed by atoms with Crippen LogP contribution in [0.3, 0.4) is 0 Å². The van der Waals surface area contributed by atoms with E-state index in [0.29, 0.717) is 19.4 Å². The number of fused-ring (bicyclic) bond motifs is 1. The molecule has 2 aromatic rings. The summed E-state index contributed by atoms with van der Waals surface area (Å²) in [7, 11) is 0. The minimum atomic E-state index is -0.850. The average molecular weight is 298 g/mol. The van der Waals surface area contributed by atoms with Gasteiger partial charge in [0, 0.05) is 12.1 Å². The molecular weight excluding hydrogens is 280 g/mol. The number of benzene rings is 2. The molecule has 1 aliphatic heterocycles. The van der Waals surface area contributed by atoms with E-state index in [1.807, 2.05) is 42.5 Å². The number of anilines is 1. The molecule has 1 amide bonds. The second-order valence-corrected chi connectivity index (χ2v) is 5.72. The lowest BCUT2D eigenvalue weighted by molar-refractivity contribution is -0.139. The monoisotopic (exact) mass is 298 g/mol. The minimum Gasteiger partial charge on any atom is -0.480 e. The molecule has 2 unspecified atom stereocenters. The van der Waals surface area contributed by atoms with Crippen molar-refractivity contribution >= 4 is 28.3 Å². The summed E-state index contributed by atoms with van der Waals surface area (Å²) >= 11 is 0. The first kappa shape index (κ1) is 14.5. The Balaban J connectivity index is 1.60. The number of carbonyl (C=O) groups excluding carboxylic acids is 1. The average Bonchev–Trinajstić information content (AvgIpc) is 2.95.